The van der Waals surface area contributed by atoms with E-state index in [4.69, 9.17) is 5.73 Å². The number of hydrogen-bond acceptors (Lipinski definition) is 4. The normalized spacial score (nSPS) is 11.7. The standard InChI is InChI=1S/C11H14FN5O/c1-11(2,9(13)18)6-14-10-15-8-4-3-7(12)5-17(8)16-10/h3-5H,6H2,1-2H3,(H2,13,18)(H,14,16). The van der Waals surface area contributed by atoms with Crippen molar-refractivity contribution in [2.75, 3.05) is 11.9 Å². The molecule has 96 valence electrons. The summed E-state index contributed by atoms with van der Waals surface area (Å²) >= 11 is 0. The minimum Gasteiger partial charge on any atom is -0.369 e. The Morgan fingerprint density at radius 2 is 2.28 bits per heavy atom. The lowest BCUT2D eigenvalue weighted by Crippen LogP contribution is -2.37. The predicted octanol–water partition coefficient (Wildman–Crippen LogP) is 0.792. The van der Waals surface area contributed by atoms with Crippen molar-refractivity contribution in [2.24, 2.45) is 11.1 Å². The van der Waals surface area contributed by atoms with E-state index in [-0.39, 0.29) is 0 Å². The molecule has 2 heterocycles. The van der Waals surface area contributed by atoms with Gasteiger partial charge in [0.05, 0.1) is 11.6 Å². The molecule has 0 bridgehead atoms. The first-order chi connectivity index (χ1) is 8.38. The Labute approximate surface area is 103 Å². The number of carbonyl (C=O) groups is 1. The molecule has 0 aliphatic carbocycles. The Balaban J connectivity index is 2.15. The minimum atomic E-state index is -0.706. The summed E-state index contributed by atoms with van der Waals surface area (Å²) in [5.74, 6) is -0.476. The van der Waals surface area contributed by atoms with Gasteiger partial charge in [-0.25, -0.2) is 8.91 Å². The fourth-order valence-corrected chi connectivity index (χ4v) is 1.32. The zero-order chi connectivity index (χ0) is 13.3. The van der Waals surface area contributed by atoms with Gasteiger partial charge in [0, 0.05) is 6.54 Å². The average Bonchev–Trinajstić information content (AvgIpc) is 2.68. The number of halogens is 1. The van der Waals surface area contributed by atoms with E-state index in [1.165, 1.54) is 22.8 Å². The molecule has 7 heteroatoms. The van der Waals surface area contributed by atoms with Crippen LogP contribution in [0.3, 0.4) is 0 Å². The topological polar surface area (TPSA) is 85.3 Å². The smallest absolute Gasteiger partial charge is 0.243 e. The third kappa shape index (κ3) is 2.39. The highest BCUT2D eigenvalue weighted by Gasteiger charge is 2.25. The van der Waals surface area contributed by atoms with E-state index in [0.29, 0.717) is 18.1 Å². The van der Waals surface area contributed by atoms with Gasteiger partial charge in [-0.15, -0.1) is 5.10 Å². The number of rotatable bonds is 4. The molecule has 1 amide bonds. The van der Waals surface area contributed by atoms with E-state index in [2.05, 4.69) is 15.4 Å². The lowest BCUT2D eigenvalue weighted by molar-refractivity contribution is -0.125. The molecule has 0 saturated carbocycles. The molecule has 0 spiro atoms. The molecular formula is C11H14FN5O. The number of nitrogens with one attached hydrogen (secondary N) is 1. The van der Waals surface area contributed by atoms with Crippen LogP contribution in [0.4, 0.5) is 10.3 Å². The first-order valence-corrected chi connectivity index (χ1v) is 5.44. The minimum absolute atomic E-state index is 0.307. The molecule has 2 rings (SSSR count). The summed E-state index contributed by atoms with van der Waals surface area (Å²) in [4.78, 5) is 15.3. The molecule has 2 aromatic heterocycles. The monoisotopic (exact) mass is 251 g/mol. The quantitative estimate of drug-likeness (QED) is 0.841. The number of nitrogens with two attached hydrogens (primary N) is 1. The highest BCUT2D eigenvalue weighted by atomic mass is 19.1. The van der Waals surface area contributed by atoms with Crippen molar-refractivity contribution in [3.05, 3.63) is 24.1 Å². The van der Waals surface area contributed by atoms with E-state index < -0.39 is 17.1 Å². The van der Waals surface area contributed by atoms with Crippen molar-refractivity contribution < 1.29 is 9.18 Å². The van der Waals surface area contributed by atoms with Gasteiger partial charge in [-0.1, -0.05) is 0 Å². The predicted molar refractivity (Wildman–Crippen MR) is 64.4 cm³/mol. The van der Waals surface area contributed by atoms with Gasteiger partial charge in [0.15, 0.2) is 5.65 Å². The van der Waals surface area contributed by atoms with Gasteiger partial charge in [0.1, 0.15) is 5.82 Å². The molecule has 0 aliphatic heterocycles. The van der Waals surface area contributed by atoms with Gasteiger partial charge in [-0.05, 0) is 26.0 Å². The maximum atomic E-state index is 13.0. The molecule has 0 atom stereocenters. The van der Waals surface area contributed by atoms with Crippen molar-refractivity contribution in [3.63, 3.8) is 0 Å². The number of primary amides is 1. The number of hydrogen-bond donors (Lipinski definition) is 2. The van der Waals surface area contributed by atoms with Crippen LogP contribution in [0.1, 0.15) is 13.8 Å². The van der Waals surface area contributed by atoms with Crippen LogP contribution in [-0.2, 0) is 4.79 Å². The number of pyridine rings is 1. The third-order valence-electron chi connectivity index (χ3n) is 2.65. The second-order valence-corrected chi connectivity index (χ2v) is 4.69. The lowest BCUT2D eigenvalue weighted by Gasteiger charge is -2.19. The average molecular weight is 251 g/mol. The van der Waals surface area contributed by atoms with Crippen LogP contribution >= 0.6 is 0 Å². The molecule has 18 heavy (non-hydrogen) atoms. The molecule has 3 N–H and O–H groups in total. The second kappa shape index (κ2) is 4.25. The zero-order valence-electron chi connectivity index (χ0n) is 10.1. The van der Waals surface area contributed by atoms with Crippen LogP contribution in [0.15, 0.2) is 18.3 Å². The summed E-state index contributed by atoms with van der Waals surface area (Å²) in [5.41, 5.74) is 5.07. The van der Waals surface area contributed by atoms with Crippen LogP contribution in [0.5, 0.6) is 0 Å². The molecule has 0 aromatic carbocycles. The Morgan fingerprint density at radius 3 is 2.94 bits per heavy atom. The van der Waals surface area contributed by atoms with E-state index in [1.807, 2.05) is 0 Å². The molecule has 0 unspecified atom stereocenters. The third-order valence-corrected chi connectivity index (χ3v) is 2.65. The Kier molecular flexibility index (Phi) is 2.90. The highest BCUT2D eigenvalue weighted by Crippen LogP contribution is 2.15. The number of carbonyl (C=O) groups excluding carboxylic acids is 1. The summed E-state index contributed by atoms with van der Waals surface area (Å²) in [6.07, 6.45) is 1.23. The Bertz CT molecular complexity index is 592. The van der Waals surface area contributed by atoms with E-state index in [1.54, 1.807) is 13.8 Å². The molecule has 2 aromatic rings. The van der Waals surface area contributed by atoms with Crippen LogP contribution < -0.4 is 11.1 Å². The lowest BCUT2D eigenvalue weighted by atomic mass is 9.93. The Morgan fingerprint density at radius 1 is 1.56 bits per heavy atom. The molecule has 0 radical (unpaired) electrons. The van der Waals surface area contributed by atoms with Crippen molar-refractivity contribution in [1.82, 2.24) is 14.6 Å². The first-order valence-electron chi connectivity index (χ1n) is 5.44. The summed E-state index contributed by atoms with van der Waals surface area (Å²) < 4.78 is 14.3. The highest BCUT2D eigenvalue weighted by molar-refractivity contribution is 5.80. The number of amides is 1. The molecule has 6 nitrogen and oxygen atoms in total. The van der Waals surface area contributed by atoms with Crippen LogP contribution in [0.2, 0.25) is 0 Å². The maximum Gasteiger partial charge on any atom is 0.243 e. The fourth-order valence-electron chi connectivity index (χ4n) is 1.32. The molecule has 0 aliphatic rings. The second-order valence-electron chi connectivity index (χ2n) is 4.69. The largest absolute Gasteiger partial charge is 0.369 e. The van der Waals surface area contributed by atoms with Crippen LogP contribution in [-0.4, -0.2) is 27.0 Å². The molecule has 0 saturated heterocycles. The fraction of sp³-hybridized carbons (Fsp3) is 0.364. The van der Waals surface area contributed by atoms with Crippen LogP contribution in [0.25, 0.3) is 5.65 Å². The van der Waals surface area contributed by atoms with E-state index >= 15 is 0 Å². The zero-order valence-corrected chi connectivity index (χ0v) is 10.1. The van der Waals surface area contributed by atoms with Crippen molar-refractivity contribution in [2.45, 2.75) is 13.8 Å². The SMILES string of the molecule is CC(C)(CNc1nc2ccc(F)cn2n1)C(N)=O. The number of anilines is 1. The Hall–Kier alpha value is -2.18. The maximum absolute atomic E-state index is 13.0. The molecular weight excluding hydrogens is 237 g/mol. The van der Waals surface area contributed by atoms with Gasteiger partial charge in [-0.2, -0.15) is 4.98 Å². The van der Waals surface area contributed by atoms with Crippen molar-refractivity contribution in [3.8, 4) is 0 Å². The van der Waals surface area contributed by atoms with Crippen LogP contribution in [0, 0.1) is 11.2 Å². The van der Waals surface area contributed by atoms with E-state index in [9.17, 15) is 9.18 Å². The van der Waals surface area contributed by atoms with Gasteiger partial charge in [0.25, 0.3) is 0 Å². The summed E-state index contributed by atoms with van der Waals surface area (Å²) in [6, 6.07) is 2.83. The van der Waals surface area contributed by atoms with Gasteiger partial charge in [-0.3, -0.25) is 4.79 Å². The molecule has 0 fully saturated rings. The summed E-state index contributed by atoms with van der Waals surface area (Å²) in [5, 5.41) is 6.95. The number of fused-ring (bicyclic) bond motifs is 1. The first kappa shape index (κ1) is 12.3. The summed E-state index contributed by atoms with van der Waals surface area (Å²) in [7, 11) is 0. The van der Waals surface area contributed by atoms with Crippen molar-refractivity contribution >= 4 is 17.5 Å². The van der Waals surface area contributed by atoms with Gasteiger partial charge >= 0.3 is 0 Å². The number of nitrogens with zero attached hydrogens (tertiary/aromatic N) is 3. The van der Waals surface area contributed by atoms with Gasteiger partial charge in [0.2, 0.25) is 11.9 Å². The number of aromatic nitrogens is 3. The summed E-state index contributed by atoms with van der Waals surface area (Å²) in [6.45, 7) is 3.75. The van der Waals surface area contributed by atoms with E-state index in [0.717, 1.165) is 0 Å². The van der Waals surface area contributed by atoms with Gasteiger partial charge < -0.3 is 11.1 Å². The van der Waals surface area contributed by atoms with Crippen molar-refractivity contribution in [1.29, 1.82) is 0 Å².